The number of ether oxygens (including phenoxy) is 1. The van der Waals surface area contributed by atoms with E-state index in [1.165, 1.54) is 28.6 Å². The van der Waals surface area contributed by atoms with E-state index in [0.717, 1.165) is 11.7 Å². The Morgan fingerprint density at radius 3 is 1.41 bits per heavy atom. The van der Waals surface area contributed by atoms with Crippen LogP contribution in [0.25, 0.3) is 0 Å². The van der Waals surface area contributed by atoms with Crippen LogP contribution in [0.4, 0.5) is 0 Å². The van der Waals surface area contributed by atoms with Gasteiger partial charge < -0.3 is 0 Å². The molecule has 0 atom stereocenters. The molecular formula is C28H26BrO2P. The predicted octanol–water partition coefficient (Wildman–Crippen LogP) is 5.74. The summed E-state index contributed by atoms with van der Waals surface area (Å²) in [6, 6.07) is 40.6. The molecule has 0 fully saturated rings. The number of carbonyl (C=O) groups is 1. The van der Waals surface area contributed by atoms with E-state index in [9.17, 15) is 4.79 Å². The van der Waals surface area contributed by atoms with Gasteiger partial charge in [-0.25, -0.2) is 0 Å². The second-order valence-electron chi connectivity index (χ2n) is 7.92. The molecular weight excluding hydrogens is 479 g/mol. The molecule has 0 aliphatic rings. The number of hydrogen-bond acceptors (Lipinski definition) is 2. The molecule has 0 amide bonds. The van der Waals surface area contributed by atoms with Crippen LogP contribution in [-0.2, 0) is 22.1 Å². The molecule has 0 spiro atoms. The molecule has 32 heavy (non-hydrogen) atoms. The Morgan fingerprint density at radius 1 is 0.656 bits per heavy atom. The Bertz CT molecular complexity index is 1080. The van der Waals surface area contributed by atoms with Crippen LogP contribution in [-0.4, -0.2) is 13.1 Å². The number of carbonyl (C=O) groups excluding carboxylic acids is 1. The van der Waals surface area contributed by atoms with Gasteiger partial charge in [-0.05, 0) is 0 Å². The van der Waals surface area contributed by atoms with Crippen LogP contribution in [0.5, 0.6) is 0 Å². The number of halogens is 1. The summed E-state index contributed by atoms with van der Waals surface area (Å²) in [5.41, 5.74) is 2.17. The minimum atomic E-state index is -3.02. The van der Waals surface area contributed by atoms with E-state index in [2.05, 4.69) is 119 Å². The zero-order chi connectivity index (χ0) is 22.5. The van der Waals surface area contributed by atoms with E-state index in [1.807, 2.05) is 12.1 Å². The van der Waals surface area contributed by atoms with Crippen molar-refractivity contribution in [2.45, 2.75) is 12.6 Å². The van der Waals surface area contributed by atoms with E-state index in [-0.39, 0.29) is 12.4 Å². The molecule has 0 N–H and O–H groups in total. The Balaban J connectivity index is 1.91. The van der Waals surface area contributed by atoms with Crippen LogP contribution in [0, 0.1) is 0 Å². The van der Waals surface area contributed by atoms with Crippen molar-refractivity contribution in [1.29, 1.82) is 0 Å². The van der Waals surface area contributed by atoms with Gasteiger partial charge in [-0.2, -0.15) is 0 Å². The quantitative estimate of drug-likeness (QED) is 0.237. The fourth-order valence-electron chi connectivity index (χ4n) is 4.28. The molecule has 0 saturated carbocycles. The fourth-order valence-corrected chi connectivity index (χ4v) is 12.0. The third-order valence-electron chi connectivity index (χ3n) is 5.96. The Labute approximate surface area is 197 Å². The first-order chi connectivity index (χ1) is 15.5. The average molecular weight is 505 g/mol. The zero-order valence-corrected chi connectivity index (χ0v) is 20.5. The molecule has 0 radical (unpaired) electrons. The Morgan fingerprint density at radius 2 is 1.03 bits per heavy atom. The number of hydrogen-bond donors (Lipinski definition) is 0. The van der Waals surface area contributed by atoms with Crippen molar-refractivity contribution >= 4 is 42.7 Å². The molecule has 4 rings (SSSR count). The monoisotopic (exact) mass is 504 g/mol. The summed E-state index contributed by atoms with van der Waals surface area (Å²) in [5, 5.41) is 0.842. The van der Waals surface area contributed by atoms with Gasteiger partial charge in [0, 0.05) is 0 Å². The summed E-state index contributed by atoms with van der Waals surface area (Å²) < 4.78 is 4.81. The number of benzene rings is 4. The Hall–Kier alpha value is -2.74. The van der Waals surface area contributed by atoms with E-state index < -0.39 is 5.31 Å². The molecule has 0 heterocycles. The standard InChI is InChI=1S/C28H26BrO2P/c1-31-28(30)21-23-17-19-24(20-18-23)22-32(29,25-11-5-2-6-12-25,26-13-7-3-8-14-26)27-15-9-4-10-16-27/h2-20H,21-22H2,1H3. The second kappa shape index (κ2) is 9.40. The van der Waals surface area contributed by atoms with Gasteiger partial charge >= 0.3 is 198 Å². The minimum absolute atomic E-state index is 0.226. The van der Waals surface area contributed by atoms with Gasteiger partial charge in [0.05, 0.1) is 0 Å². The summed E-state index contributed by atoms with van der Waals surface area (Å²) in [7, 11) is 1.42. The molecule has 0 aromatic heterocycles. The van der Waals surface area contributed by atoms with Crippen LogP contribution >= 0.6 is 20.8 Å². The average Bonchev–Trinajstić information content (AvgIpc) is 2.87. The topological polar surface area (TPSA) is 26.3 Å². The first-order valence-corrected chi connectivity index (χ1v) is 15.0. The SMILES string of the molecule is COC(=O)Cc1ccc(CP(Br)(c2ccccc2)(c2ccccc2)c2ccccc2)cc1. The van der Waals surface area contributed by atoms with Crippen molar-refractivity contribution in [2.75, 3.05) is 7.11 Å². The van der Waals surface area contributed by atoms with Crippen molar-refractivity contribution in [3.05, 3.63) is 126 Å². The molecule has 0 unspecified atom stereocenters. The molecule has 4 heteroatoms. The van der Waals surface area contributed by atoms with E-state index in [4.69, 9.17) is 4.74 Å². The molecule has 0 bridgehead atoms. The van der Waals surface area contributed by atoms with Crippen molar-refractivity contribution in [3.8, 4) is 0 Å². The first kappa shape index (κ1) is 22.5. The second-order valence-corrected chi connectivity index (χ2v) is 16.8. The van der Waals surface area contributed by atoms with Crippen LogP contribution in [0.3, 0.4) is 0 Å². The van der Waals surface area contributed by atoms with Crippen molar-refractivity contribution in [2.24, 2.45) is 0 Å². The molecule has 2 nitrogen and oxygen atoms in total. The zero-order valence-electron chi connectivity index (χ0n) is 18.0. The molecule has 4 aromatic carbocycles. The van der Waals surface area contributed by atoms with Crippen molar-refractivity contribution in [3.63, 3.8) is 0 Å². The van der Waals surface area contributed by atoms with Crippen LogP contribution < -0.4 is 15.9 Å². The molecule has 0 aliphatic heterocycles. The normalized spacial score (nSPS) is 12.5. The van der Waals surface area contributed by atoms with Gasteiger partial charge in [-0.1, -0.05) is 0 Å². The number of esters is 1. The first-order valence-electron chi connectivity index (χ1n) is 10.6. The maximum atomic E-state index is 11.7. The fraction of sp³-hybridized carbons (Fsp3) is 0.107. The van der Waals surface area contributed by atoms with Crippen molar-refractivity contribution < 1.29 is 9.53 Å². The van der Waals surface area contributed by atoms with Crippen LogP contribution in [0.2, 0.25) is 0 Å². The maximum absolute atomic E-state index is 11.7. The number of methoxy groups -OCH3 is 1. The molecule has 162 valence electrons. The van der Waals surface area contributed by atoms with E-state index in [1.54, 1.807) is 0 Å². The third-order valence-corrected chi connectivity index (χ3v) is 15.5. The van der Waals surface area contributed by atoms with Gasteiger partial charge in [0.2, 0.25) is 0 Å². The van der Waals surface area contributed by atoms with Crippen LogP contribution in [0.15, 0.2) is 115 Å². The van der Waals surface area contributed by atoms with Gasteiger partial charge in [0.1, 0.15) is 0 Å². The predicted molar refractivity (Wildman–Crippen MR) is 140 cm³/mol. The third kappa shape index (κ3) is 4.16. The van der Waals surface area contributed by atoms with E-state index >= 15 is 0 Å². The molecule has 4 aromatic rings. The summed E-state index contributed by atoms with van der Waals surface area (Å²) in [5.74, 6) is -0.226. The molecule has 0 saturated heterocycles. The van der Waals surface area contributed by atoms with E-state index in [0.29, 0.717) is 0 Å². The summed E-state index contributed by atoms with van der Waals surface area (Å²) in [6.45, 7) is 0. The van der Waals surface area contributed by atoms with Gasteiger partial charge in [0.25, 0.3) is 0 Å². The summed E-state index contributed by atoms with van der Waals surface area (Å²) in [6.07, 6.45) is 1.10. The Kier molecular flexibility index (Phi) is 6.60. The summed E-state index contributed by atoms with van der Waals surface area (Å²) >= 11 is 4.48. The number of rotatable bonds is 7. The van der Waals surface area contributed by atoms with Gasteiger partial charge in [-0.15, -0.1) is 0 Å². The van der Waals surface area contributed by atoms with Crippen LogP contribution in [0.1, 0.15) is 11.1 Å². The molecule has 0 aliphatic carbocycles. The van der Waals surface area contributed by atoms with Gasteiger partial charge in [-0.3, -0.25) is 0 Å². The summed E-state index contributed by atoms with van der Waals surface area (Å²) in [4.78, 5) is 11.7. The van der Waals surface area contributed by atoms with Crippen molar-refractivity contribution in [1.82, 2.24) is 0 Å². The van der Waals surface area contributed by atoms with Gasteiger partial charge in [0.15, 0.2) is 0 Å².